The SMILES string of the molecule is Cc1cc(Cl)c(OC(=O)c2ccc(-c3c4ccc(=N)c(S(=O)(=O)O)c-4oc4c(S(=O)(=O)O)c(N)ccc34)c(C(=O)O)c2)c(Cl)c1. The number of hydrogen-bond acceptors (Lipinski definition) is 10. The van der Waals surface area contributed by atoms with Gasteiger partial charge in [-0.1, -0.05) is 29.3 Å². The topological polar surface area (TPSA) is 235 Å². The van der Waals surface area contributed by atoms with Crippen LogP contribution in [0.3, 0.4) is 0 Å². The van der Waals surface area contributed by atoms with E-state index in [1.54, 1.807) is 6.92 Å². The standard InChI is InChI=1S/C28H18Cl2N2O11S2/c1-11-8-17(29)24(18(30)9-11)43-28(35)12-2-3-13(16(10-12)27(33)34)21-14-4-6-19(31)25(44(36,37)38)22(14)42-23-15(21)5-7-20(32)26(23)45(39,40)41/h2-10,31H,32H2,1H3,(H,33,34)(H,36,37,38)(H,39,40,41). The minimum Gasteiger partial charge on any atom is -0.478 e. The molecule has 0 unspecified atom stereocenters. The highest BCUT2D eigenvalue weighted by Gasteiger charge is 2.32. The van der Waals surface area contributed by atoms with Crippen molar-refractivity contribution in [2.45, 2.75) is 16.7 Å². The minimum atomic E-state index is -5.19. The zero-order chi connectivity index (χ0) is 33.2. The van der Waals surface area contributed by atoms with Crippen molar-refractivity contribution < 1.29 is 49.8 Å². The number of aryl methyl sites for hydroxylation is 1. The second-order valence-electron chi connectivity index (χ2n) is 9.62. The molecule has 1 aliphatic carbocycles. The molecule has 0 atom stereocenters. The third-order valence-electron chi connectivity index (χ3n) is 6.61. The van der Waals surface area contributed by atoms with Crippen LogP contribution in [-0.4, -0.2) is 43.0 Å². The first-order chi connectivity index (χ1) is 20.9. The fourth-order valence-corrected chi connectivity index (χ4v) is 6.96. The number of nitrogen functional groups attached to an aromatic ring is 1. The van der Waals surface area contributed by atoms with Gasteiger partial charge in [0.15, 0.2) is 26.9 Å². The van der Waals surface area contributed by atoms with Crippen molar-refractivity contribution in [2.75, 3.05) is 5.73 Å². The highest BCUT2D eigenvalue weighted by atomic mass is 35.5. The van der Waals surface area contributed by atoms with E-state index in [-0.39, 0.29) is 43.4 Å². The van der Waals surface area contributed by atoms with E-state index in [4.69, 9.17) is 43.5 Å². The Hall–Kier alpha value is -4.51. The van der Waals surface area contributed by atoms with E-state index in [2.05, 4.69) is 0 Å². The second kappa shape index (κ2) is 11.1. The van der Waals surface area contributed by atoms with Crippen LogP contribution in [-0.2, 0) is 20.2 Å². The van der Waals surface area contributed by atoms with Crippen molar-refractivity contribution >= 4 is 72.0 Å². The lowest BCUT2D eigenvalue weighted by molar-refractivity contribution is 0.0697. The number of carbonyl (C=O) groups is 2. The van der Waals surface area contributed by atoms with Crippen LogP contribution in [0.4, 0.5) is 5.69 Å². The van der Waals surface area contributed by atoms with E-state index in [0.717, 1.165) is 24.3 Å². The lowest BCUT2D eigenvalue weighted by atomic mass is 9.89. The van der Waals surface area contributed by atoms with Crippen LogP contribution < -0.4 is 15.8 Å². The molecule has 0 fully saturated rings. The Morgan fingerprint density at radius 3 is 2.07 bits per heavy atom. The number of anilines is 1. The summed E-state index contributed by atoms with van der Waals surface area (Å²) in [5.41, 5.74) is 3.91. The Balaban J connectivity index is 1.85. The van der Waals surface area contributed by atoms with Crippen molar-refractivity contribution in [3.63, 3.8) is 0 Å². The van der Waals surface area contributed by atoms with Gasteiger partial charge in [0.1, 0.15) is 0 Å². The van der Waals surface area contributed by atoms with Crippen molar-refractivity contribution in [3.8, 4) is 28.2 Å². The van der Waals surface area contributed by atoms with Crippen molar-refractivity contribution in [1.82, 2.24) is 0 Å². The van der Waals surface area contributed by atoms with E-state index < -0.39 is 69.9 Å². The number of fused-ring (bicyclic) bond motifs is 2. The first kappa shape index (κ1) is 31.9. The van der Waals surface area contributed by atoms with E-state index in [1.807, 2.05) is 0 Å². The second-order valence-corrected chi connectivity index (χ2v) is 13.2. The lowest BCUT2D eigenvalue weighted by Crippen LogP contribution is -2.17. The summed E-state index contributed by atoms with van der Waals surface area (Å²) in [6, 6.07) is 10.8. The van der Waals surface area contributed by atoms with Gasteiger partial charge in [-0.3, -0.25) is 14.5 Å². The molecule has 232 valence electrons. The molecule has 1 heterocycles. The molecule has 5 rings (SSSR count). The highest BCUT2D eigenvalue weighted by molar-refractivity contribution is 7.86. The predicted molar refractivity (Wildman–Crippen MR) is 161 cm³/mol. The van der Waals surface area contributed by atoms with Crippen LogP contribution in [0.1, 0.15) is 26.3 Å². The summed E-state index contributed by atoms with van der Waals surface area (Å²) < 4.78 is 80.2. The number of benzene rings is 4. The van der Waals surface area contributed by atoms with Crippen molar-refractivity contribution in [1.29, 1.82) is 5.41 Å². The molecule has 1 aliphatic heterocycles. The number of esters is 1. The fourth-order valence-electron chi connectivity index (χ4n) is 4.80. The number of carbonyl (C=O) groups excluding carboxylic acids is 1. The normalized spacial score (nSPS) is 12.0. The number of halogens is 2. The molecule has 3 aromatic rings. The first-order valence-corrected chi connectivity index (χ1v) is 15.9. The zero-order valence-corrected chi connectivity index (χ0v) is 25.6. The molecule has 45 heavy (non-hydrogen) atoms. The van der Waals surface area contributed by atoms with Gasteiger partial charge >= 0.3 is 11.9 Å². The summed E-state index contributed by atoms with van der Waals surface area (Å²) in [5.74, 6) is -3.53. The number of carboxylic acid groups (broad SMARTS) is 1. The molecule has 0 amide bonds. The maximum Gasteiger partial charge on any atom is 0.343 e. The molecule has 6 N–H and O–H groups in total. The molecule has 0 aromatic heterocycles. The maximum atomic E-state index is 13.1. The molecule has 2 aliphatic rings. The fraction of sp³-hybridized carbons (Fsp3) is 0.0357. The summed E-state index contributed by atoms with van der Waals surface area (Å²) in [5, 5.41) is 17.4. The van der Waals surface area contributed by atoms with E-state index in [1.165, 1.54) is 30.3 Å². The maximum absolute atomic E-state index is 13.1. The number of carboxylic acids is 1. The number of aromatic carboxylic acids is 1. The Kier molecular flexibility index (Phi) is 7.89. The van der Waals surface area contributed by atoms with Crippen LogP contribution >= 0.6 is 23.2 Å². The molecular weight excluding hydrogens is 675 g/mol. The van der Waals surface area contributed by atoms with Gasteiger partial charge in [0.2, 0.25) is 0 Å². The molecular formula is C28H18Cl2N2O11S2. The molecule has 0 bridgehead atoms. The summed E-state index contributed by atoms with van der Waals surface area (Å²) in [6.45, 7) is 1.71. The monoisotopic (exact) mass is 692 g/mol. The van der Waals surface area contributed by atoms with Gasteiger partial charge in [0, 0.05) is 16.5 Å². The molecule has 13 nitrogen and oxygen atoms in total. The lowest BCUT2D eigenvalue weighted by Gasteiger charge is -2.20. The zero-order valence-electron chi connectivity index (χ0n) is 22.5. The Morgan fingerprint density at radius 1 is 0.889 bits per heavy atom. The van der Waals surface area contributed by atoms with Crippen LogP contribution in [0.2, 0.25) is 10.0 Å². The summed E-state index contributed by atoms with van der Waals surface area (Å²) in [6.07, 6.45) is 0. The Bertz CT molecular complexity index is 2350. The van der Waals surface area contributed by atoms with Crippen molar-refractivity contribution in [2.24, 2.45) is 0 Å². The Labute approximate surface area is 263 Å². The average Bonchev–Trinajstić information content (AvgIpc) is 2.91. The van der Waals surface area contributed by atoms with Crippen molar-refractivity contribution in [3.05, 3.63) is 86.7 Å². The van der Waals surface area contributed by atoms with Crippen LogP contribution in [0.5, 0.6) is 5.75 Å². The average molecular weight is 693 g/mol. The van der Waals surface area contributed by atoms with E-state index in [0.29, 0.717) is 5.56 Å². The van der Waals surface area contributed by atoms with Gasteiger partial charge in [-0.05, 0) is 66.6 Å². The number of nitrogens with two attached hydrogens (primary N) is 1. The van der Waals surface area contributed by atoms with Crippen LogP contribution in [0, 0.1) is 12.3 Å². The highest BCUT2D eigenvalue weighted by Crippen LogP contribution is 2.46. The molecule has 17 heteroatoms. The summed E-state index contributed by atoms with van der Waals surface area (Å²) in [7, 11) is -10.3. The van der Waals surface area contributed by atoms with E-state index in [9.17, 15) is 40.6 Å². The quantitative estimate of drug-likeness (QED) is 0.0501. The van der Waals surface area contributed by atoms with Gasteiger partial charge in [0.25, 0.3) is 20.2 Å². The van der Waals surface area contributed by atoms with Crippen LogP contribution in [0.15, 0.2) is 68.8 Å². The largest absolute Gasteiger partial charge is 0.478 e. The van der Waals surface area contributed by atoms with E-state index >= 15 is 0 Å². The Morgan fingerprint density at radius 2 is 1.49 bits per heavy atom. The third kappa shape index (κ3) is 5.72. The van der Waals surface area contributed by atoms with Gasteiger partial charge in [-0.2, -0.15) is 16.8 Å². The minimum absolute atomic E-state index is 0.0201. The summed E-state index contributed by atoms with van der Waals surface area (Å²) in [4.78, 5) is 23.6. The third-order valence-corrected chi connectivity index (χ3v) is 9.03. The molecule has 0 spiro atoms. The molecule has 0 saturated heterocycles. The number of ether oxygens (including phenoxy) is 1. The number of hydrogen-bond donors (Lipinski definition) is 5. The number of rotatable bonds is 6. The van der Waals surface area contributed by atoms with Crippen LogP contribution in [0.25, 0.3) is 33.4 Å². The molecule has 0 radical (unpaired) electrons. The molecule has 3 aromatic carbocycles. The molecule has 0 saturated carbocycles. The predicted octanol–water partition coefficient (Wildman–Crippen LogP) is 5.29. The van der Waals surface area contributed by atoms with Gasteiger partial charge < -0.3 is 20.0 Å². The van der Waals surface area contributed by atoms with Gasteiger partial charge in [0.05, 0.1) is 32.2 Å². The number of nitrogens with one attached hydrogen (secondary N) is 1. The van der Waals surface area contributed by atoms with Gasteiger partial charge in [-0.15, -0.1) is 0 Å². The first-order valence-electron chi connectivity index (χ1n) is 12.3. The smallest absolute Gasteiger partial charge is 0.343 e. The summed E-state index contributed by atoms with van der Waals surface area (Å²) >= 11 is 12.3. The van der Waals surface area contributed by atoms with Gasteiger partial charge in [-0.25, -0.2) is 9.59 Å².